The summed E-state index contributed by atoms with van der Waals surface area (Å²) in [6, 6.07) is 7.38. The SMILES string of the molecule is O=C(CCn1cc(Cl)c([N+](=O)[O-])n1)Nc1cnn(COc2ccc(Br)cc2)c1. The number of benzene rings is 1. The van der Waals surface area contributed by atoms with Crippen LogP contribution < -0.4 is 10.1 Å². The first-order valence-electron chi connectivity index (χ1n) is 7.99. The molecule has 0 saturated carbocycles. The normalized spacial score (nSPS) is 10.6. The van der Waals surface area contributed by atoms with Crippen LogP contribution in [0, 0.1) is 10.1 Å². The first-order valence-corrected chi connectivity index (χ1v) is 9.16. The maximum atomic E-state index is 12.0. The molecule has 1 amide bonds. The van der Waals surface area contributed by atoms with Gasteiger partial charge in [0.05, 0.1) is 35.9 Å². The number of hydrogen-bond donors (Lipinski definition) is 1. The van der Waals surface area contributed by atoms with E-state index in [4.69, 9.17) is 16.3 Å². The molecule has 12 heteroatoms. The highest BCUT2D eigenvalue weighted by atomic mass is 79.9. The molecule has 0 spiro atoms. The zero-order valence-electron chi connectivity index (χ0n) is 14.3. The number of rotatable bonds is 8. The lowest BCUT2D eigenvalue weighted by Gasteiger charge is -2.06. The Morgan fingerprint density at radius 3 is 2.71 bits per heavy atom. The molecule has 1 aromatic carbocycles. The van der Waals surface area contributed by atoms with Crippen molar-refractivity contribution in [1.82, 2.24) is 19.6 Å². The third-order valence-electron chi connectivity index (χ3n) is 3.53. The van der Waals surface area contributed by atoms with Crippen molar-refractivity contribution in [3.63, 3.8) is 0 Å². The summed E-state index contributed by atoms with van der Waals surface area (Å²) >= 11 is 9.07. The highest BCUT2D eigenvalue weighted by Gasteiger charge is 2.19. The van der Waals surface area contributed by atoms with Crippen LogP contribution in [0.3, 0.4) is 0 Å². The summed E-state index contributed by atoms with van der Waals surface area (Å²) < 4.78 is 9.34. The molecule has 2 aromatic heterocycles. The van der Waals surface area contributed by atoms with Crippen LogP contribution >= 0.6 is 27.5 Å². The summed E-state index contributed by atoms with van der Waals surface area (Å²) in [5, 5.41) is 21.2. The van der Waals surface area contributed by atoms with E-state index in [0.29, 0.717) is 11.4 Å². The van der Waals surface area contributed by atoms with Gasteiger partial charge in [-0.1, -0.05) is 27.5 Å². The van der Waals surface area contributed by atoms with Gasteiger partial charge in [-0.2, -0.15) is 9.78 Å². The van der Waals surface area contributed by atoms with E-state index in [1.165, 1.54) is 21.8 Å². The summed E-state index contributed by atoms with van der Waals surface area (Å²) in [5.41, 5.74) is 0.508. The molecule has 146 valence electrons. The van der Waals surface area contributed by atoms with Gasteiger partial charge in [-0.3, -0.25) is 4.79 Å². The standard InChI is InChI=1S/C16H14BrClN6O4/c17-11-1-3-13(4-2-11)28-10-23-8-12(7-19-23)20-15(25)5-6-22-9-14(18)16(21-22)24(26)27/h1-4,7-9H,5-6,10H2,(H,20,25). The molecular weight excluding hydrogens is 456 g/mol. The van der Waals surface area contributed by atoms with Crippen LogP contribution in [-0.4, -0.2) is 30.4 Å². The molecule has 10 nitrogen and oxygen atoms in total. The second-order valence-electron chi connectivity index (χ2n) is 5.61. The van der Waals surface area contributed by atoms with Crippen LogP contribution in [0.15, 0.2) is 47.3 Å². The predicted octanol–water partition coefficient (Wildman–Crippen LogP) is 3.47. The van der Waals surface area contributed by atoms with Crippen molar-refractivity contribution in [3.05, 3.63) is 62.5 Å². The van der Waals surface area contributed by atoms with Crippen molar-refractivity contribution >= 4 is 44.9 Å². The lowest BCUT2D eigenvalue weighted by Crippen LogP contribution is -2.14. The number of carbonyl (C=O) groups excluding carboxylic acids is 1. The topological polar surface area (TPSA) is 117 Å². The van der Waals surface area contributed by atoms with Crippen LogP contribution in [0.1, 0.15) is 6.42 Å². The van der Waals surface area contributed by atoms with Crippen molar-refractivity contribution in [2.24, 2.45) is 0 Å². The lowest BCUT2D eigenvalue weighted by atomic mass is 10.3. The third kappa shape index (κ3) is 5.30. The average molecular weight is 470 g/mol. The number of anilines is 1. The molecule has 1 N–H and O–H groups in total. The van der Waals surface area contributed by atoms with Gasteiger partial charge in [0.1, 0.15) is 5.75 Å². The van der Waals surface area contributed by atoms with Gasteiger partial charge in [0, 0.05) is 10.9 Å². The Kier molecular flexibility index (Phi) is 6.26. The Morgan fingerprint density at radius 2 is 2.04 bits per heavy atom. The van der Waals surface area contributed by atoms with E-state index < -0.39 is 10.7 Å². The Morgan fingerprint density at radius 1 is 1.29 bits per heavy atom. The Bertz CT molecular complexity index is 987. The highest BCUT2D eigenvalue weighted by Crippen LogP contribution is 2.21. The molecule has 3 rings (SSSR count). The van der Waals surface area contributed by atoms with E-state index >= 15 is 0 Å². The van der Waals surface area contributed by atoms with E-state index in [2.05, 4.69) is 31.4 Å². The molecule has 0 unspecified atom stereocenters. The number of aryl methyl sites for hydroxylation is 1. The summed E-state index contributed by atoms with van der Waals surface area (Å²) in [4.78, 5) is 22.1. The number of amides is 1. The van der Waals surface area contributed by atoms with Crippen molar-refractivity contribution in [1.29, 1.82) is 0 Å². The van der Waals surface area contributed by atoms with Gasteiger partial charge in [0.15, 0.2) is 11.8 Å². The average Bonchev–Trinajstić information content (AvgIpc) is 3.26. The smallest absolute Gasteiger partial charge is 0.408 e. The molecule has 0 aliphatic carbocycles. The number of carbonyl (C=O) groups is 1. The van der Waals surface area contributed by atoms with E-state index in [9.17, 15) is 14.9 Å². The van der Waals surface area contributed by atoms with E-state index in [1.54, 1.807) is 6.20 Å². The molecule has 0 radical (unpaired) electrons. The molecule has 3 aromatic rings. The molecule has 0 saturated heterocycles. The lowest BCUT2D eigenvalue weighted by molar-refractivity contribution is -0.389. The van der Waals surface area contributed by atoms with Crippen LogP contribution in [0.4, 0.5) is 11.5 Å². The zero-order chi connectivity index (χ0) is 20.1. The number of nitrogens with zero attached hydrogens (tertiary/aromatic N) is 5. The molecule has 0 atom stereocenters. The fourth-order valence-electron chi connectivity index (χ4n) is 2.23. The van der Waals surface area contributed by atoms with Gasteiger partial charge < -0.3 is 20.2 Å². The summed E-state index contributed by atoms with van der Waals surface area (Å²) in [6.45, 7) is 0.340. The van der Waals surface area contributed by atoms with Gasteiger partial charge >= 0.3 is 5.82 Å². The number of halogens is 2. The van der Waals surface area contributed by atoms with Gasteiger partial charge in [0.2, 0.25) is 5.91 Å². The predicted molar refractivity (Wildman–Crippen MR) is 104 cm³/mol. The van der Waals surface area contributed by atoms with Crippen molar-refractivity contribution in [2.45, 2.75) is 19.7 Å². The first-order chi connectivity index (χ1) is 13.4. The Balaban J connectivity index is 1.47. The number of nitrogens with one attached hydrogen (secondary N) is 1. The molecule has 28 heavy (non-hydrogen) atoms. The van der Waals surface area contributed by atoms with Crippen LogP contribution in [-0.2, 0) is 18.1 Å². The van der Waals surface area contributed by atoms with Crippen molar-refractivity contribution in [2.75, 3.05) is 5.32 Å². The third-order valence-corrected chi connectivity index (χ3v) is 4.33. The van der Waals surface area contributed by atoms with Crippen LogP contribution in [0.25, 0.3) is 0 Å². The molecule has 0 fully saturated rings. The Labute approximate surface area is 172 Å². The fraction of sp³-hybridized carbons (Fsp3) is 0.188. The van der Waals surface area contributed by atoms with E-state index in [1.807, 2.05) is 24.3 Å². The van der Waals surface area contributed by atoms with Gasteiger partial charge in [-0.15, -0.1) is 0 Å². The minimum atomic E-state index is -0.677. The molecule has 2 heterocycles. The minimum Gasteiger partial charge on any atom is -0.471 e. The van der Waals surface area contributed by atoms with Gasteiger partial charge in [-0.25, -0.2) is 4.68 Å². The summed E-state index contributed by atoms with van der Waals surface area (Å²) in [6.07, 6.45) is 4.50. The first kappa shape index (κ1) is 19.8. The van der Waals surface area contributed by atoms with E-state index in [0.717, 1.165) is 4.47 Å². The van der Waals surface area contributed by atoms with Crippen LogP contribution in [0.5, 0.6) is 5.75 Å². The molecule has 0 bridgehead atoms. The Hall–Kier alpha value is -2.92. The van der Waals surface area contributed by atoms with Gasteiger partial charge in [0.25, 0.3) is 0 Å². The monoisotopic (exact) mass is 468 g/mol. The highest BCUT2D eigenvalue weighted by molar-refractivity contribution is 9.10. The zero-order valence-corrected chi connectivity index (χ0v) is 16.6. The second-order valence-corrected chi connectivity index (χ2v) is 6.94. The van der Waals surface area contributed by atoms with E-state index in [-0.39, 0.29) is 30.6 Å². The van der Waals surface area contributed by atoms with Crippen LogP contribution in [0.2, 0.25) is 5.02 Å². The molecular formula is C16H14BrClN6O4. The quantitative estimate of drug-likeness (QED) is 0.399. The maximum absolute atomic E-state index is 12.0. The minimum absolute atomic E-state index is 0.0652. The van der Waals surface area contributed by atoms with Crippen molar-refractivity contribution < 1.29 is 14.5 Å². The van der Waals surface area contributed by atoms with Gasteiger partial charge in [-0.05, 0) is 29.2 Å². The maximum Gasteiger partial charge on any atom is 0.408 e. The van der Waals surface area contributed by atoms with Crippen molar-refractivity contribution in [3.8, 4) is 5.75 Å². The summed E-state index contributed by atoms with van der Waals surface area (Å²) in [7, 11) is 0. The second kappa shape index (κ2) is 8.85. The number of nitro groups is 1. The fourth-order valence-corrected chi connectivity index (χ4v) is 2.72. The summed E-state index contributed by atoms with van der Waals surface area (Å²) in [5.74, 6) is -0.0342. The molecule has 0 aliphatic heterocycles. The number of ether oxygens (including phenoxy) is 1. The molecule has 0 aliphatic rings. The number of hydrogen-bond acceptors (Lipinski definition) is 6. The largest absolute Gasteiger partial charge is 0.471 e. The number of aromatic nitrogens is 4.